The molecule has 2 radical (unpaired) electrons. The number of hydrogen-bond donors (Lipinski definition) is 0. The molecule has 0 fully saturated rings. The van der Waals surface area contributed by atoms with Crippen LogP contribution < -0.4 is 18.3 Å². The minimum Gasteiger partial charge on any atom is -0.333 e. The van der Waals surface area contributed by atoms with Crippen LogP contribution in [0.2, 0.25) is 0 Å². The molecule has 0 aliphatic rings. The molecule has 0 atom stereocenters. The van der Waals surface area contributed by atoms with Crippen LogP contribution in [0.1, 0.15) is 45.6 Å². The van der Waals surface area contributed by atoms with Gasteiger partial charge in [0, 0.05) is 75.4 Å². The van der Waals surface area contributed by atoms with Gasteiger partial charge in [-0.05, 0) is 195 Å². The van der Waals surface area contributed by atoms with Crippen molar-refractivity contribution in [2.75, 3.05) is 0 Å². The van der Waals surface area contributed by atoms with Crippen molar-refractivity contribution in [1.82, 2.24) is 28.2 Å². The van der Waals surface area contributed by atoms with Crippen LogP contribution in [0.4, 0.5) is 0 Å². The molecule has 21 rings (SSSR count). The molecule has 16 aromatic carbocycles. The molecule has 0 aliphatic heterocycles. The van der Waals surface area contributed by atoms with Gasteiger partial charge in [0.15, 0.2) is 0 Å². The number of para-hydroxylation sites is 4. The molecule has 21 aromatic rings. The zero-order chi connectivity index (χ0) is 91.8. The fraction of sp³-hybridized carbons (Fsp3) is 0.0667. The number of benzene rings is 16. The maximum Gasteiger partial charge on any atom is 0.267 e. The Bertz CT molecular complexity index is 7610. The number of aromatic nitrogens is 10. The first-order valence-electron chi connectivity index (χ1n) is 44.0. The molecular formula is C120H83Br4Ir2N10-7. The fourth-order valence-electron chi connectivity index (χ4n) is 17.5. The third kappa shape index (κ3) is 18.5. The summed E-state index contributed by atoms with van der Waals surface area (Å²) in [5.41, 5.74) is 38.7. The molecular weight excluding hydrogens is 2290 g/mol. The minimum atomic E-state index is 0. The topological polar surface area (TPSA) is 61.0 Å². The minimum absolute atomic E-state index is 0. The predicted octanol–water partition coefficient (Wildman–Crippen LogP) is 28.1. The average molecular weight is 2370 g/mol. The van der Waals surface area contributed by atoms with Gasteiger partial charge in [0.25, 0.3) is 25.3 Å². The Labute approximate surface area is 855 Å². The van der Waals surface area contributed by atoms with Crippen molar-refractivity contribution in [2.45, 2.75) is 55.4 Å². The zero-order valence-corrected chi connectivity index (χ0v) is 86.3. The second-order valence-electron chi connectivity index (χ2n) is 32.9. The second kappa shape index (κ2) is 40.7. The molecule has 5 aromatic heterocycles. The molecule has 0 bridgehead atoms. The fourth-order valence-corrected chi connectivity index (χ4v) is 19.7. The van der Waals surface area contributed by atoms with Gasteiger partial charge in [-0.2, -0.15) is 60.2 Å². The normalized spacial score (nSPS) is 11.1. The SMILES string of the molecule is Cc1c(C)[n+](-c2ccccc2)[c-]n1-c1[c-]cc(-c2ccccc2-c2cc(-c3ccc[c-]c3-c3c[c-]c(-c4ncccn4)[c-]c3)cc(-c3ccccc3-c3c[c-]c(-n4[c-][n+](-c5ccccc5)c(C)c4C)cc3Br)c2)c(Br)c1.Cc1c(C)[n+](-c2ccccc2)[c-]n1-c1[c-]cc(-c2ccccc2-c2cccc(-c3ccccc3-c3c[c-]c(-n4[c-][n+](-c5ccccc5)c(C)c4C)cc3Br)c2)c(Br)c1.[Ir].[Ir]. The van der Waals surface area contributed by atoms with Gasteiger partial charge in [0.05, 0.1) is 45.5 Å². The molecule has 0 saturated carbocycles. The van der Waals surface area contributed by atoms with Crippen molar-refractivity contribution in [3.05, 3.63) is 489 Å². The van der Waals surface area contributed by atoms with Crippen LogP contribution in [-0.2, 0) is 40.2 Å². The van der Waals surface area contributed by atoms with E-state index in [1.54, 1.807) is 18.5 Å². The number of hydrogen-bond acceptors (Lipinski definition) is 2. The first kappa shape index (κ1) is 93.1. The second-order valence-corrected chi connectivity index (χ2v) is 36.3. The Morgan fingerprint density at radius 2 is 0.500 bits per heavy atom. The molecule has 0 unspecified atom stereocenters. The summed E-state index contributed by atoms with van der Waals surface area (Å²) in [5.74, 6) is 0.577. The monoisotopic (exact) mass is 2370 g/mol. The number of halogens is 4. The van der Waals surface area contributed by atoms with Crippen molar-refractivity contribution >= 4 is 63.7 Å². The van der Waals surface area contributed by atoms with Crippen molar-refractivity contribution < 1.29 is 58.5 Å². The molecule has 5 heterocycles. The Morgan fingerprint density at radius 1 is 0.235 bits per heavy atom. The quantitative estimate of drug-likeness (QED) is 0.0598. The summed E-state index contributed by atoms with van der Waals surface area (Å²) in [6, 6.07) is 145. The van der Waals surface area contributed by atoms with Gasteiger partial charge < -0.3 is 28.2 Å². The summed E-state index contributed by atoms with van der Waals surface area (Å²) < 4.78 is 20.6. The molecule has 0 spiro atoms. The Kier molecular flexibility index (Phi) is 27.8. The summed E-state index contributed by atoms with van der Waals surface area (Å²) in [7, 11) is 0. The Morgan fingerprint density at radius 3 is 0.801 bits per heavy atom. The number of rotatable bonds is 19. The first-order chi connectivity index (χ1) is 65.4. The van der Waals surface area contributed by atoms with Gasteiger partial charge in [-0.1, -0.05) is 310 Å². The van der Waals surface area contributed by atoms with E-state index in [0.29, 0.717) is 11.4 Å². The van der Waals surface area contributed by atoms with E-state index in [0.717, 1.165) is 220 Å². The molecule has 136 heavy (non-hydrogen) atoms. The summed E-state index contributed by atoms with van der Waals surface area (Å²) in [6.07, 6.45) is 17.7. The third-order valence-electron chi connectivity index (χ3n) is 25.0. The smallest absolute Gasteiger partial charge is 0.267 e. The summed E-state index contributed by atoms with van der Waals surface area (Å²) in [6.45, 7) is 17.0. The van der Waals surface area contributed by atoms with Crippen LogP contribution >= 0.6 is 63.7 Å². The van der Waals surface area contributed by atoms with Crippen LogP contribution in [-0.4, -0.2) is 28.2 Å². The van der Waals surface area contributed by atoms with Gasteiger partial charge in [0.1, 0.15) is 0 Å². The van der Waals surface area contributed by atoms with E-state index in [9.17, 15) is 0 Å². The van der Waals surface area contributed by atoms with E-state index < -0.39 is 0 Å². The van der Waals surface area contributed by atoms with Crippen molar-refractivity contribution in [1.29, 1.82) is 0 Å². The summed E-state index contributed by atoms with van der Waals surface area (Å²) in [4.78, 5) is 8.87. The van der Waals surface area contributed by atoms with Gasteiger partial charge in [-0.15, -0.1) is 70.3 Å². The van der Waals surface area contributed by atoms with Crippen LogP contribution in [0.25, 0.3) is 168 Å². The summed E-state index contributed by atoms with van der Waals surface area (Å²) >= 11 is 16.0. The van der Waals surface area contributed by atoms with Gasteiger partial charge in [-0.3, -0.25) is 30.4 Å². The first-order valence-corrected chi connectivity index (χ1v) is 47.2. The standard InChI is InChI=1S/C68H45Br2N6.C52H38Br2N4.2Ir/c1-45-47(3)75(43-73(45)54-18-7-5-8-19-54)56-32-34-64(66(69)41-56)62-26-15-13-24-60(62)52-38-51(59-23-12-11-22-58(59)49-28-30-50(31-29-49)68-71-36-17-37-72-68)39-53(40-52)61-25-14-16-27-63(61)65-35-33-57(42-67(65)70)76-44-74(46(2)48(76)4)55-20-9-6-10-21-55;1-35-37(3)57(33-55(35)41-18-7-5-8-19-41)43-26-28-49(51(53)31-43)47-24-13-11-22-45(47)39-16-15-17-40(30-39)46-23-12-14-25-48(46)50-29-27-44(32-52(50)54)58-34-56(36(2)38(58)4)42-20-9-6-10-21-42;;/h5-21,23-29,34-42H,1-4H3;5-25,28-32H,1-4H3;;/q-5;-2;;. The van der Waals surface area contributed by atoms with Gasteiger partial charge >= 0.3 is 0 Å². The van der Waals surface area contributed by atoms with Crippen LogP contribution in [0, 0.1) is 123 Å². The van der Waals surface area contributed by atoms with E-state index in [-0.39, 0.29) is 40.2 Å². The average Bonchev–Trinajstić information content (AvgIpc) is 1.09. The molecule has 16 heteroatoms. The largest absolute Gasteiger partial charge is 0.333 e. The number of nitrogens with zero attached hydrogens (tertiary/aromatic N) is 10. The third-order valence-corrected chi connectivity index (χ3v) is 27.7. The van der Waals surface area contributed by atoms with Crippen LogP contribution in [0.5, 0.6) is 0 Å². The van der Waals surface area contributed by atoms with Gasteiger partial charge in [-0.25, -0.2) is 23.3 Å². The number of imidazole rings is 4. The molecule has 0 amide bonds. The maximum atomic E-state index is 4.44. The van der Waals surface area contributed by atoms with Crippen molar-refractivity contribution in [3.8, 4) is 168 Å². The van der Waals surface area contributed by atoms with Crippen molar-refractivity contribution in [3.63, 3.8) is 0 Å². The predicted molar refractivity (Wildman–Crippen MR) is 548 cm³/mol. The van der Waals surface area contributed by atoms with E-state index in [1.165, 1.54) is 0 Å². The van der Waals surface area contributed by atoms with Crippen LogP contribution in [0.15, 0.2) is 376 Å². The van der Waals surface area contributed by atoms with Crippen LogP contribution in [0.3, 0.4) is 0 Å². The van der Waals surface area contributed by atoms with E-state index in [1.807, 2.05) is 91.0 Å². The molecule has 0 N–H and O–H groups in total. The Balaban J connectivity index is 0.000000185. The molecule has 10 nitrogen and oxygen atoms in total. The molecule has 0 saturated heterocycles. The van der Waals surface area contributed by atoms with E-state index >= 15 is 0 Å². The molecule has 0 aliphatic carbocycles. The van der Waals surface area contributed by atoms with Gasteiger partial charge in [0.2, 0.25) is 0 Å². The maximum absolute atomic E-state index is 4.44. The van der Waals surface area contributed by atoms with Crippen molar-refractivity contribution in [2.24, 2.45) is 0 Å². The molecule has 666 valence electrons. The Hall–Kier alpha value is -13.3. The zero-order valence-electron chi connectivity index (χ0n) is 75.2. The summed E-state index contributed by atoms with van der Waals surface area (Å²) in [5, 5.41) is 0. The van der Waals surface area contributed by atoms with E-state index in [2.05, 4.69) is 482 Å². The van der Waals surface area contributed by atoms with E-state index in [4.69, 9.17) is 0 Å².